The molecular formula is C17H15F2N3O3S. The van der Waals surface area contributed by atoms with E-state index in [1.54, 1.807) is 12.3 Å². The van der Waals surface area contributed by atoms with Crippen molar-refractivity contribution in [1.29, 1.82) is 0 Å². The molecule has 9 heteroatoms. The van der Waals surface area contributed by atoms with E-state index in [2.05, 4.69) is 15.0 Å². The van der Waals surface area contributed by atoms with Gasteiger partial charge in [0.2, 0.25) is 0 Å². The number of halogens is 2. The fraction of sp³-hybridized carbons (Fsp3) is 0.118. The van der Waals surface area contributed by atoms with Crippen LogP contribution >= 0.6 is 0 Å². The van der Waals surface area contributed by atoms with Gasteiger partial charge in [0, 0.05) is 12.3 Å². The molecule has 0 amide bonds. The Labute approximate surface area is 148 Å². The second-order valence-electron chi connectivity index (χ2n) is 5.49. The molecule has 3 rings (SSSR count). The van der Waals surface area contributed by atoms with E-state index in [0.29, 0.717) is 11.6 Å². The Balaban J connectivity index is 1.73. The molecule has 0 bridgehead atoms. The van der Waals surface area contributed by atoms with Crippen molar-refractivity contribution in [2.45, 2.75) is 17.9 Å². The Morgan fingerprint density at radius 3 is 2.54 bits per heavy atom. The standard InChI is InChI=1S/C17H15F2N3O3S/c1-11(16-3-2-8-25-16)21-17-7-5-13(10-20-17)26(23,24)22-12-4-6-14(18)15(19)9-12/h2-11,22H,1H3,(H,20,21). The topological polar surface area (TPSA) is 84.2 Å². The van der Waals surface area contributed by atoms with Gasteiger partial charge >= 0.3 is 0 Å². The zero-order chi connectivity index (χ0) is 18.7. The predicted octanol–water partition coefficient (Wildman–Crippen LogP) is 3.93. The molecule has 0 spiro atoms. The molecule has 1 atom stereocenters. The normalized spacial score (nSPS) is 12.6. The van der Waals surface area contributed by atoms with Gasteiger partial charge in [0.15, 0.2) is 11.6 Å². The quantitative estimate of drug-likeness (QED) is 0.678. The first-order valence-corrected chi connectivity index (χ1v) is 9.07. The molecule has 2 N–H and O–H groups in total. The summed E-state index contributed by atoms with van der Waals surface area (Å²) in [6.45, 7) is 1.87. The van der Waals surface area contributed by atoms with Gasteiger partial charge in [0.25, 0.3) is 10.0 Å². The summed E-state index contributed by atoms with van der Waals surface area (Å²) in [5.74, 6) is -1.03. The molecule has 1 unspecified atom stereocenters. The number of hydrogen-bond donors (Lipinski definition) is 2. The Hall–Kier alpha value is -2.94. The number of rotatable bonds is 6. The van der Waals surface area contributed by atoms with Gasteiger partial charge in [-0.1, -0.05) is 0 Å². The molecule has 1 aromatic carbocycles. The third-order valence-corrected chi connectivity index (χ3v) is 4.92. The lowest BCUT2D eigenvalue weighted by Gasteiger charge is -2.13. The zero-order valence-electron chi connectivity index (χ0n) is 13.6. The molecule has 6 nitrogen and oxygen atoms in total. The fourth-order valence-electron chi connectivity index (χ4n) is 2.23. The van der Waals surface area contributed by atoms with Crippen molar-refractivity contribution in [2.75, 3.05) is 10.0 Å². The summed E-state index contributed by atoms with van der Waals surface area (Å²) in [6.07, 6.45) is 2.72. The number of nitrogens with one attached hydrogen (secondary N) is 2. The first kappa shape index (κ1) is 17.9. The van der Waals surface area contributed by atoms with Gasteiger partial charge in [-0.25, -0.2) is 22.2 Å². The van der Waals surface area contributed by atoms with Crippen molar-refractivity contribution in [2.24, 2.45) is 0 Å². The van der Waals surface area contributed by atoms with Gasteiger partial charge in [0.05, 0.1) is 18.0 Å². The summed E-state index contributed by atoms with van der Waals surface area (Å²) in [6, 6.07) is 9.01. The number of aromatic nitrogens is 1. The second kappa shape index (κ2) is 7.12. The van der Waals surface area contributed by atoms with Gasteiger partial charge in [-0.15, -0.1) is 0 Å². The maximum Gasteiger partial charge on any atom is 0.263 e. The van der Waals surface area contributed by atoms with Crippen LogP contribution in [0.4, 0.5) is 20.3 Å². The van der Waals surface area contributed by atoms with Crippen molar-refractivity contribution in [3.63, 3.8) is 0 Å². The number of benzene rings is 1. The summed E-state index contributed by atoms with van der Waals surface area (Å²) >= 11 is 0. The van der Waals surface area contributed by atoms with E-state index in [1.807, 2.05) is 13.0 Å². The predicted molar refractivity (Wildman–Crippen MR) is 92.1 cm³/mol. The van der Waals surface area contributed by atoms with E-state index in [1.165, 1.54) is 18.3 Å². The Morgan fingerprint density at radius 2 is 1.92 bits per heavy atom. The first-order valence-electron chi connectivity index (χ1n) is 7.59. The zero-order valence-corrected chi connectivity index (χ0v) is 14.4. The summed E-state index contributed by atoms with van der Waals surface area (Å²) in [5, 5.41) is 3.07. The van der Waals surface area contributed by atoms with Gasteiger partial charge in [-0.05, 0) is 43.3 Å². The molecular weight excluding hydrogens is 364 g/mol. The average Bonchev–Trinajstić information content (AvgIpc) is 3.13. The molecule has 26 heavy (non-hydrogen) atoms. The minimum Gasteiger partial charge on any atom is -0.467 e. The number of pyridine rings is 1. The van der Waals surface area contributed by atoms with Gasteiger partial charge in [-0.3, -0.25) is 4.72 Å². The Bertz CT molecular complexity index is 991. The molecule has 0 aliphatic rings. The highest BCUT2D eigenvalue weighted by Gasteiger charge is 2.16. The van der Waals surface area contributed by atoms with E-state index in [-0.39, 0.29) is 16.6 Å². The SMILES string of the molecule is CC(Nc1ccc(S(=O)(=O)Nc2ccc(F)c(F)c2)cn1)c1ccco1. The van der Waals surface area contributed by atoms with E-state index in [9.17, 15) is 17.2 Å². The van der Waals surface area contributed by atoms with Gasteiger partial charge in [0.1, 0.15) is 16.5 Å². The Kier molecular flexibility index (Phi) is 4.90. The number of anilines is 2. The van der Waals surface area contributed by atoms with Crippen molar-refractivity contribution >= 4 is 21.5 Å². The first-order chi connectivity index (χ1) is 12.3. The lowest BCUT2D eigenvalue weighted by molar-refractivity contribution is 0.490. The molecule has 0 fully saturated rings. The molecule has 0 saturated heterocycles. The molecule has 0 aliphatic heterocycles. The third kappa shape index (κ3) is 3.99. The minimum atomic E-state index is -3.98. The van der Waals surface area contributed by atoms with Crippen LogP contribution in [0.3, 0.4) is 0 Å². The highest BCUT2D eigenvalue weighted by atomic mass is 32.2. The van der Waals surface area contributed by atoms with Crippen LogP contribution in [0, 0.1) is 11.6 Å². The Morgan fingerprint density at radius 1 is 1.12 bits per heavy atom. The van der Waals surface area contributed by atoms with E-state index in [0.717, 1.165) is 18.2 Å². The van der Waals surface area contributed by atoms with Gasteiger partial charge < -0.3 is 9.73 Å². The summed E-state index contributed by atoms with van der Waals surface area (Å²) in [7, 11) is -3.98. The van der Waals surface area contributed by atoms with E-state index < -0.39 is 21.7 Å². The average molecular weight is 379 g/mol. The van der Waals surface area contributed by atoms with Crippen LogP contribution in [0.15, 0.2) is 64.2 Å². The number of hydrogen-bond acceptors (Lipinski definition) is 5. The maximum atomic E-state index is 13.2. The van der Waals surface area contributed by atoms with Crippen molar-refractivity contribution in [3.05, 3.63) is 72.3 Å². The lowest BCUT2D eigenvalue weighted by atomic mass is 10.2. The highest BCUT2D eigenvalue weighted by molar-refractivity contribution is 7.92. The number of nitrogens with zero attached hydrogens (tertiary/aromatic N) is 1. The maximum absolute atomic E-state index is 13.2. The summed E-state index contributed by atoms with van der Waals surface area (Å²) in [4.78, 5) is 3.95. The lowest BCUT2D eigenvalue weighted by Crippen LogP contribution is -2.14. The van der Waals surface area contributed by atoms with Crippen LogP contribution in [0.25, 0.3) is 0 Å². The van der Waals surface area contributed by atoms with Crippen LogP contribution in [-0.4, -0.2) is 13.4 Å². The van der Waals surface area contributed by atoms with Crippen LogP contribution in [0.1, 0.15) is 18.7 Å². The molecule has 136 valence electrons. The molecule has 3 aromatic rings. The van der Waals surface area contributed by atoms with Crippen molar-refractivity contribution < 1.29 is 21.6 Å². The smallest absolute Gasteiger partial charge is 0.263 e. The van der Waals surface area contributed by atoms with E-state index in [4.69, 9.17) is 4.42 Å². The summed E-state index contributed by atoms with van der Waals surface area (Å²) < 4.78 is 58.2. The van der Waals surface area contributed by atoms with Crippen LogP contribution in [0.2, 0.25) is 0 Å². The molecule has 2 heterocycles. The van der Waals surface area contributed by atoms with Crippen LogP contribution in [-0.2, 0) is 10.0 Å². The van der Waals surface area contributed by atoms with Gasteiger partial charge in [-0.2, -0.15) is 0 Å². The third-order valence-electron chi connectivity index (χ3n) is 3.55. The largest absolute Gasteiger partial charge is 0.467 e. The number of furan rings is 1. The van der Waals surface area contributed by atoms with Crippen LogP contribution < -0.4 is 10.0 Å². The minimum absolute atomic E-state index is 0.0856. The van der Waals surface area contributed by atoms with E-state index >= 15 is 0 Å². The second-order valence-corrected chi connectivity index (χ2v) is 7.18. The van der Waals surface area contributed by atoms with Crippen LogP contribution in [0.5, 0.6) is 0 Å². The summed E-state index contributed by atoms with van der Waals surface area (Å²) in [5.41, 5.74) is -0.0856. The number of sulfonamides is 1. The fourth-order valence-corrected chi connectivity index (χ4v) is 3.22. The molecule has 0 aliphatic carbocycles. The van der Waals surface area contributed by atoms with Crippen molar-refractivity contribution in [3.8, 4) is 0 Å². The monoisotopic (exact) mass is 379 g/mol. The highest BCUT2D eigenvalue weighted by Crippen LogP contribution is 2.21. The molecule has 0 radical (unpaired) electrons. The molecule has 2 aromatic heterocycles. The molecule has 0 saturated carbocycles. The van der Waals surface area contributed by atoms with Crippen molar-refractivity contribution in [1.82, 2.24) is 4.98 Å².